The van der Waals surface area contributed by atoms with Crippen molar-refractivity contribution in [1.29, 1.82) is 0 Å². The molecular formula is C15H9Cl2N5O2S. The van der Waals surface area contributed by atoms with Crippen molar-refractivity contribution in [1.82, 2.24) is 4.98 Å². The van der Waals surface area contributed by atoms with Crippen molar-refractivity contribution in [3.63, 3.8) is 0 Å². The van der Waals surface area contributed by atoms with Crippen LogP contribution in [0.4, 0.5) is 21.5 Å². The summed E-state index contributed by atoms with van der Waals surface area (Å²) >= 11 is 13.2. The van der Waals surface area contributed by atoms with Gasteiger partial charge in [0.05, 0.1) is 15.0 Å². The Hall–Kier alpha value is -2.55. The second-order valence-electron chi connectivity index (χ2n) is 4.79. The topological polar surface area (TPSA) is 107 Å². The number of aromatic nitrogens is 1. The zero-order chi connectivity index (χ0) is 18.0. The Bertz CT molecular complexity index is 952. The van der Waals surface area contributed by atoms with E-state index in [1.807, 2.05) is 30.3 Å². The van der Waals surface area contributed by atoms with Crippen LogP contribution in [0.25, 0.3) is 11.3 Å². The molecule has 0 unspecified atom stereocenters. The lowest BCUT2D eigenvalue weighted by Crippen LogP contribution is -1.87. The van der Waals surface area contributed by atoms with E-state index in [0.29, 0.717) is 15.8 Å². The molecule has 2 N–H and O–H groups in total. The summed E-state index contributed by atoms with van der Waals surface area (Å²) in [7, 11) is 0. The number of benzene rings is 2. The van der Waals surface area contributed by atoms with Crippen molar-refractivity contribution in [3.05, 3.63) is 62.6 Å². The van der Waals surface area contributed by atoms with Gasteiger partial charge in [0.25, 0.3) is 5.69 Å². The number of nitro benzene ring substituents is 1. The maximum atomic E-state index is 10.8. The van der Waals surface area contributed by atoms with Crippen LogP contribution >= 0.6 is 34.5 Å². The summed E-state index contributed by atoms with van der Waals surface area (Å²) in [4.78, 5) is 14.5. The Kier molecular flexibility index (Phi) is 4.93. The number of halogens is 2. The number of nitro groups is 1. The van der Waals surface area contributed by atoms with Gasteiger partial charge in [-0.1, -0.05) is 64.9 Å². The molecule has 0 spiro atoms. The third kappa shape index (κ3) is 3.76. The average molecular weight is 394 g/mol. The molecule has 0 aliphatic heterocycles. The number of nitrogens with two attached hydrogens (primary N) is 1. The molecular weight excluding hydrogens is 385 g/mol. The van der Waals surface area contributed by atoms with Crippen molar-refractivity contribution < 1.29 is 4.92 Å². The number of thiazole rings is 1. The van der Waals surface area contributed by atoms with Crippen LogP contribution in [0.2, 0.25) is 10.0 Å². The van der Waals surface area contributed by atoms with Crippen LogP contribution in [-0.4, -0.2) is 9.91 Å². The first-order valence-corrected chi connectivity index (χ1v) is 8.40. The maximum Gasteiger partial charge on any atom is 0.272 e. The molecule has 3 aromatic rings. The molecule has 0 saturated heterocycles. The van der Waals surface area contributed by atoms with Gasteiger partial charge in [-0.3, -0.25) is 10.1 Å². The summed E-state index contributed by atoms with van der Waals surface area (Å²) in [5.74, 6) is 0. The zero-order valence-corrected chi connectivity index (χ0v) is 14.7. The molecule has 0 radical (unpaired) electrons. The molecule has 0 atom stereocenters. The molecule has 1 aromatic heterocycles. The summed E-state index contributed by atoms with van der Waals surface area (Å²) < 4.78 is 0. The Balaban J connectivity index is 2.00. The summed E-state index contributed by atoms with van der Waals surface area (Å²) in [5, 5.41) is 19.9. The molecule has 25 heavy (non-hydrogen) atoms. The predicted octanol–water partition coefficient (Wildman–Crippen LogP) is 6.02. The Morgan fingerprint density at radius 2 is 1.76 bits per heavy atom. The first-order valence-electron chi connectivity index (χ1n) is 6.82. The number of non-ortho nitro benzene ring substituents is 1. The van der Waals surface area contributed by atoms with E-state index in [0.717, 1.165) is 16.9 Å². The molecule has 0 bridgehead atoms. The Morgan fingerprint density at radius 3 is 2.36 bits per heavy atom. The lowest BCUT2D eigenvalue weighted by atomic mass is 10.2. The Morgan fingerprint density at radius 1 is 1.12 bits per heavy atom. The number of hydrogen-bond donors (Lipinski definition) is 1. The minimum atomic E-state index is -0.587. The lowest BCUT2D eigenvalue weighted by Gasteiger charge is -2.01. The number of hydrogen-bond acceptors (Lipinski definition) is 7. The van der Waals surface area contributed by atoms with Crippen LogP contribution in [0.5, 0.6) is 0 Å². The number of rotatable bonds is 4. The van der Waals surface area contributed by atoms with Crippen LogP contribution in [0.1, 0.15) is 0 Å². The van der Waals surface area contributed by atoms with Crippen LogP contribution in [-0.2, 0) is 0 Å². The van der Waals surface area contributed by atoms with Gasteiger partial charge in [0.1, 0.15) is 11.4 Å². The van der Waals surface area contributed by atoms with Crippen molar-refractivity contribution >= 4 is 56.0 Å². The van der Waals surface area contributed by atoms with Crippen molar-refractivity contribution in [3.8, 4) is 11.3 Å². The van der Waals surface area contributed by atoms with Gasteiger partial charge in [0, 0.05) is 17.7 Å². The SMILES string of the molecule is Nc1nc(-c2ccccc2)c(N=Nc2c(Cl)cc([N+](=O)[O-])cc2Cl)s1. The van der Waals surface area contributed by atoms with Crippen LogP contribution in [0, 0.1) is 10.1 Å². The molecule has 7 nitrogen and oxygen atoms in total. The molecule has 0 fully saturated rings. The highest BCUT2D eigenvalue weighted by Gasteiger charge is 2.16. The largest absolute Gasteiger partial charge is 0.375 e. The smallest absolute Gasteiger partial charge is 0.272 e. The number of nitrogen functional groups attached to an aromatic ring is 1. The van der Waals surface area contributed by atoms with E-state index in [-0.39, 0.29) is 21.4 Å². The van der Waals surface area contributed by atoms with Gasteiger partial charge >= 0.3 is 0 Å². The molecule has 0 aliphatic rings. The zero-order valence-electron chi connectivity index (χ0n) is 12.4. The number of nitrogens with zero attached hydrogens (tertiary/aromatic N) is 4. The fraction of sp³-hybridized carbons (Fsp3) is 0. The quantitative estimate of drug-likeness (QED) is 0.331. The summed E-state index contributed by atoms with van der Waals surface area (Å²) in [6.45, 7) is 0. The molecule has 0 aliphatic carbocycles. The van der Waals surface area contributed by atoms with Crippen molar-refractivity contribution in [2.45, 2.75) is 0 Å². The normalized spacial score (nSPS) is 11.1. The van der Waals surface area contributed by atoms with E-state index in [9.17, 15) is 10.1 Å². The third-order valence-electron chi connectivity index (χ3n) is 3.13. The second-order valence-corrected chi connectivity index (χ2v) is 6.61. The number of azo groups is 1. The third-order valence-corrected chi connectivity index (χ3v) is 4.47. The molecule has 3 rings (SSSR count). The minimum absolute atomic E-state index is 0.0294. The van der Waals surface area contributed by atoms with Gasteiger partial charge in [0.2, 0.25) is 0 Å². The molecule has 0 amide bonds. The fourth-order valence-corrected chi connectivity index (χ4v) is 3.26. The van der Waals surface area contributed by atoms with Gasteiger partial charge in [-0.15, -0.1) is 10.2 Å². The molecule has 10 heteroatoms. The van der Waals surface area contributed by atoms with E-state index in [4.69, 9.17) is 28.9 Å². The predicted molar refractivity (Wildman–Crippen MR) is 99.3 cm³/mol. The fourth-order valence-electron chi connectivity index (χ4n) is 2.03. The number of anilines is 1. The van der Waals surface area contributed by atoms with Crippen LogP contribution in [0.3, 0.4) is 0 Å². The highest BCUT2D eigenvalue weighted by atomic mass is 35.5. The summed E-state index contributed by atoms with van der Waals surface area (Å²) in [6.07, 6.45) is 0. The van der Waals surface area contributed by atoms with Crippen molar-refractivity contribution in [2.24, 2.45) is 10.2 Å². The van der Waals surface area contributed by atoms with E-state index < -0.39 is 4.92 Å². The van der Waals surface area contributed by atoms with Gasteiger partial charge in [-0.25, -0.2) is 4.98 Å². The van der Waals surface area contributed by atoms with E-state index >= 15 is 0 Å². The monoisotopic (exact) mass is 393 g/mol. The highest BCUT2D eigenvalue weighted by Crippen LogP contribution is 2.41. The first kappa shape index (κ1) is 17.3. The molecule has 2 aromatic carbocycles. The van der Waals surface area contributed by atoms with E-state index in [1.165, 1.54) is 12.1 Å². The minimum Gasteiger partial charge on any atom is -0.375 e. The lowest BCUT2D eigenvalue weighted by molar-refractivity contribution is -0.384. The van der Waals surface area contributed by atoms with Crippen LogP contribution in [0.15, 0.2) is 52.7 Å². The van der Waals surface area contributed by atoms with Crippen LogP contribution < -0.4 is 5.73 Å². The molecule has 1 heterocycles. The standard InChI is InChI=1S/C15H9Cl2N5O2S/c16-10-6-9(22(23)24)7-11(17)13(10)20-21-14-12(19-15(18)25-14)8-4-2-1-3-5-8/h1-7H,(H2,18,19). The molecule has 126 valence electrons. The van der Waals surface area contributed by atoms with E-state index in [2.05, 4.69) is 15.2 Å². The summed E-state index contributed by atoms with van der Waals surface area (Å²) in [5.41, 5.74) is 7.12. The Labute approximate surface area is 155 Å². The van der Waals surface area contributed by atoms with Crippen molar-refractivity contribution in [2.75, 3.05) is 5.73 Å². The molecule has 0 saturated carbocycles. The van der Waals surface area contributed by atoms with Gasteiger partial charge < -0.3 is 5.73 Å². The summed E-state index contributed by atoms with van der Waals surface area (Å²) in [6, 6.07) is 11.7. The van der Waals surface area contributed by atoms with Gasteiger partial charge in [-0.2, -0.15) is 0 Å². The van der Waals surface area contributed by atoms with Gasteiger partial charge in [-0.05, 0) is 0 Å². The average Bonchev–Trinajstić information content (AvgIpc) is 2.95. The first-order chi connectivity index (χ1) is 12.0. The second kappa shape index (κ2) is 7.14. The maximum absolute atomic E-state index is 10.8. The van der Waals surface area contributed by atoms with Gasteiger partial charge in [0.15, 0.2) is 10.1 Å². The van der Waals surface area contributed by atoms with E-state index in [1.54, 1.807) is 0 Å². The highest BCUT2D eigenvalue weighted by molar-refractivity contribution is 7.19.